The maximum absolute atomic E-state index is 12.5. The lowest BCUT2D eigenvalue weighted by Crippen LogP contribution is -2.28. The molecule has 1 aromatic carbocycles. The molecular weight excluding hydrogens is 434 g/mol. The SMILES string of the molecule is C=C1c2cc3c(-c4cncc(-c5ccc(N6CC7(CC7)CC6=O)cc5)c4)ccnc3n2CCN1C. The molecule has 0 N–H and O–H groups in total. The number of hydrogen-bond acceptors (Lipinski definition) is 4. The quantitative estimate of drug-likeness (QED) is 0.421. The van der Waals surface area contributed by atoms with Crippen LogP contribution in [0.3, 0.4) is 0 Å². The molecule has 3 aliphatic rings. The molecule has 35 heavy (non-hydrogen) atoms. The first-order valence-corrected chi connectivity index (χ1v) is 12.3. The van der Waals surface area contributed by atoms with Gasteiger partial charge in [-0.25, -0.2) is 4.98 Å². The van der Waals surface area contributed by atoms with Crippen molar-refractivity contribution >= 4 is 28.3 Å². The van der Waals surface area contributed by atoms with Crippen LogP contribution in [0.15, 0.2) is 67.6 Å². The van der Waals surface area contributed by atoms with Gasteiger partial charge in [0.2, 0.25) is 5.91 Å². The number of aromatic nitrogens is 3. The third-order valence-electron chi connectivity index (χ3n) is 8.05. The number of fused-ring (bicyclic) bond motifs is 3. The number of anilines is 1. The second kappa shape index (κ2) is 7.28. The van der Waals surface area contributed by atoms with Gasteiger partial charge in [-0.05, 0) is 59.7 Å². The minimum Gasteiger partial charge on any atom is -0.372 e. The van der Waals surface area contributed by atoms with Gasteiger partial charge >= 0.3 is 0 Å². The highest BCUT2D eigenvalue weighted by Crippen LogP contribution is 2.53. The lowest BCUT2D eigenvalue weighted by Gasteiger charge is -2.28. The summed E-state index contributed by atoms with van der Waals surface area (Å²) in [7, 11) is 2.08. The molecule has 2 aliphatic heterocycles. The van der Waals surface area contributed by atoms with Gasteiger partial charge in [0.05, 0.1) is 11.4 Å². The molecule has 1 amide bonds. The maximum Gasteiger partial charge on any atom is 0.227 e. The number of amides is 1. The molecule has 1 saturated heterocycles. The van der Waals surface area contributed by atoms with E-state index in [0.29, 0.717) is 6.42 Å². The van der Waals surface area contributed by atoms with Crippen LogP contribution >= 0.6 is 0 Å². The van der Waals surface area contributed by atoms with Gasteiger partial charge in [0.15, 0.2) is 0 Å². The number of hydrogen-bond donors (Lipinski definition) is 0. The Kier molecular flexibility index (Phi) is 4.25. The van der Waals surface area contributed by atoms with Crippen molar-refractivity contribution in [3.8, 4) is 22.3 Å². The van der Waals surface area contributed by atoms with Crippen LogP contribution in [0.5, 0.6) is 0 Å². The normalized spacial score (nSPS) is 18.5. The van der Waals surface area contributed by atoms with E-state index in [9.17, 15) is 4.79 Å². The molecule has 0 unspecified atom stereocenters. The number of carbonyl (C=O) groups excluding carboxylic acids is 1. The number of rotatable bonds is 3. The Morgan fingerprint density at radius 3 is 2.54 bits per heavy atom. The van der Waals surface area contributed by atoms with Crippen LogP contribution in [0, 0.1) is 5.41 Å². The molecule has 3 aromatic heterocycles. The van der Waals surface area contributed by atoms with Gasteiger partial charge in [-0.3, -0.25) is 9.78 Å². The van der Waals surface area contributed by atoms with Crippen LogP contribution in [-0.2, 0) is 11.3 Å². The molecule has 6 heteroatoms. The highest BCUT2D eigenvalue weighted by Gasteiger charge is 2.51. The van der Waals surface area contributed by atoms with Crippen LogP contribution in [-0.4, -0.2) is 45.5 Å². The Morgan fingerprint density at radius 1 is 0.971 bits per heavy atom. The van der Waals surface area contributed by atoms with Gasteiger partial charge in [-0.15, -0.1) is 0 Å². The van der Waals surface area contributed by atoms with E-state index in [4.69, 9.17) is 4.98 Å². The first-order valence-electron chi connectivity index (χ1n) is 12.3. The van der Waals surface area contributed by atoms with E-state index in [1.165, 1.54) is 12.8 Å². The summed E-state index contributed by atoms with van der Waals surface area (Å²) in [6.07, 6.45) is 8.77. The Hall–Kier alpha value is -3.93. The number of benzene rings is 1. The molecule has 2 fully saturated rings. The fourth-order valence-electron chi connectivity index (χ4n) is 5.67. The van der Waals surface area contributed by atoms with Crippen molar-refractivity contribution in [2.75, 3.05) is 25.0 Å². The van der Waals surface area contributed by atoms with Gasteiger partial charge in [-0.1, -0.05) is 18.7 Å². The van der Waals surface area contributed by atoms with E-state index in [2.05, 4.69) is 70.5 Å². The van der Waals surface area contributed by atoms with Gasteiger partial charge in [0.1, 0.15) is 5.65 Å². The molecule has 174 valence electrons. The van der Waals surface area contributed by atoms with Crippen molar-refractivity contribution in [1.29, 1.82) is 0 Å². The molecule has 1 spiro atoms. The number of pyridine rings is 2. The molecular formula is C29H27N5O. The summed E-state index contributed by atoms with van der Waals surface area (Å²) in [5, 5.41) is 1.12. The number of carbonyl (C=O) groups is 1. The predicted octanol–water partition coefficient (Wildman–Crippen LogP) is 5.20. The first-order chi connectivity index (χ1) is 17.0. The molecule has 0 radical (unpaired) electrons. The number of likely N-dealkylation sites (N-methyl/N-ethyl adjacent to an activating group) is 1. The van der Waals surface area contributed by atoms with Crippen molar-refractivity contribution in [2.45, 2.75) is 25.8 Å². The lowest BCUT2D eigenvalue weighted by molar-refractivity contribution is -0.117. The Bertz CT molecular complexity index is 1510. The van der Waals surface area contributed by atoms with Crippen molar-refractivity contribution in [3.63, 3.8) is 0 Å². The second-order valence-electron chi connectivity index (χ2n) is 10.3. The van der Waals surface area contributed by atoms with Gasteiger partial charge in [0.25, 0.3) is 0 Å². The van der Waals surface area contributed by atoms with Gasteiger partial charge in [0, 0.05) is 73.9 Å². The summed E-state index contributed by atoms with van der Waals surface area (Å²) >= 11 is 0. The summed E-state index contributed by atoms with van der Waals surface area (Å²) in [5.74, 6) is 0.254. The van der Waals surface area contributed by atoms with Crippen molar-refractivity contribution in [1.82, 2.24) is 19.4 Å². The standard InChI is InChI=1S/C29H27N5O/c1-19-26-14-25-24(7-10-31-28(25)33(26)12-11-32(19)2)22-13-21(16-30-17-22)20-3-5-23(6-4-20)34-18-29(8-9-29)15-27(34)35/h3-7,10,13-14,16-17H,1,8-9,11-12,15,18H2,2H3. The van der Waals surface area contributed by atoms with Crippen LogP contribution in [0.4, 0.5) is 5.69 Å². The zero-order valence-electron chi connectivity index (χ0n) is 19.9. The zero-order valence-corrected chi connectivity index (χ0v) is 19.9. The summed E-state index contributed by atoms with van der Waals surface area (Å²) in [5.41, 5.74) is 8.73. The molecule has 4 aromatic rings. The topological polar surface area (TPSA) is 54.3 Å². The highest BCUT2D eigenvalue weighted by molar-refractivity contribution is 5.98. The molecule has 1 aliphatic carbocycles. The van der Waals surface area contributed by atoms with E-state index < -0.39 is 0 Å². The summed E-state index contributed by atoms with van der Waals surface area (Å²) in [6.45, 7) is 6.97. The van der Waals surface area contributed by atoms with Crippen LogP contribution in [0.2, 0.25) is 0 Å². The average Bonchev–Trinajstić information content (AvgIpc) is 3.39. The minimum absolute atomic E-state index is 0.254. The molecule has 6 nitrogen and oxygen atoms in total. The Balaban J connectivity index is 1.23. The smallest absolute Gasteiger partial charge is 0.227 e. The van der Waals surface area contributed by atoms with Crippen molar-refractivity contribution in [3.05, 3.63) is 73.3 Å². The molecule has 0 bridgehead atoms. The molecule has 0 atom stereocenters. The van der Waals surface area contributed by atoms with Crippen LogP contribution < -0.4 is 4.90 Å². The van der Waals surface area contributed by atoms with Crippen LogP contribution in [0.1, 0.15) is 25.0 Å². The first kappa shape index (κ1) is 20.4. The third kappa shape index (κ3) is 3.20. The van der Waals surface area contributed by atoms with E-state index in [1.807, 2.05) is 23.5 Å². The maximum atomic E-state index is 12.5. The molecule has 7 rings (SSSR count). The van der Waals surface area contributed by atoms with E-state index in [0.717, 1.165) is 70.0 Å². The summed E-state index contributed by atoms with van der Waals surface area (Å²) < 4.78 is 2.27. The zero-order chi connectivity index (χ0) is 23.7. The Labute approximate surface area is 204 Å². The third-order valence-corrected chi connectivity index (χ3v) is 8.05. The van der Waals surface area contributed by atoms with E-state index in [1.54, 1.807) is 0 Å². The Morgan fingerprint density at radius 2 is 1.77 bits per heavy atom. The van der Waals surface area contributed by atoms with E-state index in [-0.39, 0.29) is 11.3 Å². The van der Waals surface area contributed by atoms with E-state index >= 15 is 0 Å². The second-order valence-corrected chi connectivity index (χ2v) is 10.3. The van der Waals surface area contributed by atoms with Crippen molar-refractivity contribution in [2.24, 2.45) is 5.41 Å². The predicted molar refractivity (Wildman–Crippen MR) is 139 cm³/mol. The van der Waals surface area contributed by atoms with Gasteiger partial charge < -0.3 is 14.4 Å². The fraction of sp³-hybridized carbons (Fsp3) is 0.276. The lowest BCUT2D eigenvalue weighted by atomic mass is 10.0. The fourth-order valence-corrected chi connectivity index (χ4v) is 5.67. The number of nitrogens with zero attached hydrogens (tertiary/aromatic N) is 5. The largest absolute Gasteiger partial charge is 0.372 e. The van der Waals surface area contributed by atoms with Gasteiger partial charge in [-0.2, -0.15) is 0 Å². The highest BCUT2D eigenvalue weighted by atomic mass is 16.2. The van der Waals surface area contributed by atoms with Crippen molar-refractivity contribution < 1.29 is 4.79 Å². The summed E-state index contributed by atoms with van der Waals surface area (Å²) in [6, 6.07) is 14.8. The monoisotopic (exact) mass is 461 g/mol. The average molecular weight is 462 g/mol. The molecule has 5 heterocycles. The minimum atomic E-state index is 0.254. The summed E-state index contributed by atoms with van der Waals surface area (Å²) in [4.78, 5) is 25.9. The van der Waals surface area contributed by atoms with Crippen LogP contribution in [0.25, 0.3) is 39.0 Å². The molecule has 1 saturated carbocycles.